The van der Waals surface area contributed by atoms with Crippen molar-refractivity contribution in [3.63, 3.8) is 0 Å². The largest absolute Gasteiger partial charge is 0.507 e. The normalized spacial score (nSPS) is 16.5. The lowest BCUT2D eigenvalue weighted by molar-refractivity contribution is -0.138. The molecule has 7 heteroatoms. The summed E-state index contributed by atoms with van der Waals surface area (Å²) in [6.45, 7) is 2.18. The average molecular weight is 357 g/mol. The zero-order chi connectivity index (χ0) is 15.4. The van der Waals surface area contributed by atoms with Gasteiger partial charge in [-0.3, -0.25) is 14.5 Å². The molecule has 1 amide bonds. The molecule has 0 unspecified atom stereocenters. The molecule has 2 N–H and O–H groups in total. The molecule has 1 fully saturated rings. The molecule has 0 bridgehead atoms. The number of carbonyl (C=O) groups is 2. The first-order valence-electron chi connectivity index (χ1n) is 6.69. The fourth-order valence-corrected chi connectivity index (χ4v) is 2.73. The molecule has 0 aromatic heterocycles. The number of carbonyl (C=O) groups excluding carboxylic acids is 1. The molecule has 0 saturated carbocycles. The fraction of sp³-hybridized carbons (Fsp3) is 0.429. The lowest BCUT2D eigenvalue weighted by Crippen LogP contribution is -2.36. The Morgan fingerprint density at radius 3 is 2.67 bits per heavy atom. The van der Waals surface area contributed by atoms with Crippen LogP contribution in [-0.4, -0.2) is 64.6 Å². The summed E-state index contributed by atoms with van der Waals surface area (Å²) in [5, 5.41) is 18.6. The Bertz CT molecular complexity index is 550. The van der Waals surface area contributed by atoms with Gasteiger partial charge in [0, 0.05) is 30.7 Å². The summed E-state index contributed by atoms with van der Waals surface area (Å²) in [5.74, 6) is -1.14. The van der Waals surface area contributed by atoms with Crippen LogP contribution in [0.2, 0.25) is 0 Å². The topological polar surface area (TPSA) is 81.1 Å². The maximum absolute atomic E-state index is 12.5. The van der Waals surface area contributed by atoms with Gasteiger partial charge in [-0.15, -0.1) is 0 Å². The molecule has 1 aromatic rings. The molecule has 21 heavy (non-hydrogen) atoms. The van der Waals surface area contributed by atoms with Gasteiger partial charge in [0.2, 0.25) is 0 Å². The number of carboxylic acid groups (broad SMARTS) is 1. The van der Waals surface area contributed by atoms with E-state index in [2.05, 4.69) is 15.9 Å². The van der Waals surface area contributed by atoms with E-state index in [-0.39, 0.29) is 23.8 Å². The summed E-state index contributed by atoms with van der Waals surface area (Å²) < 4.78 is 0.728. The van der Waals surface area contributed by atoms with Crippen molar-refractivity contribution in [3.05, 3.63) is 28.2 Å². The Morgan fingerprint density at radius 2 is 1.95 bits per heavy atom. The van der Waals surface area contributed by atoms with E-state index in [1.165, 1.54) is 6.07 Å². The summed E-state index contributed by atoms with van der Waals surface area (Å²) in [6, 6.07) is 4.74. The highest BCUT2D eigenvalue weighted by Crippen LogP contribution is 2.23. The Hall–Kier alpha value is -1.60. The molecule has 0 radical (unpaired) electrons. The van der Waals surface area contributed by atoms with Gasteiger partial charge in [-0.1, -0.05) is 15.9 Å². The van der Waals surface area contributed by atoms with E-state index in [1.54, 1.807) is 17.0 Å². The number of phenols is 1. The molecule has 0 atom stereocenters. The number of nitrogens with zero attached hydrogens (tertiary/aromatic N) is 2. The van der Waals surface area contributed by atoms with Crippen LogP contribution in [-0.2, 0) is 4.79 Å². The van der Waals surface area contributed by atoms with Crippen LogP contribution in [0.15, 0.2) is 22.7 Å². The van der Waals surface area contributed by atoms with Gasteiger partial charge in [0.15, 0.2) is 0 Å². The maximum Gasteiger partial charge on any atom is 0.317 e. The van der Waals surface area contributed by atoms with Crippen LogP contribution in [0.3, 0.4) is 0 Å². The molecule has 1 aliphatic rings. The summed E-state index contributed by atoms with van der Waals surface area (Å²) in [6.07, 6.45) is 0.716. The number of amides is 1. The molecule has 0 spiro atoms. The summed E-state index contributed by atoms with van der Waals surface area (Å²) in [5.41, 5.74) is 0.260. The van der Waals surface area contributed by atoms with Gasteiger partial charge in [-0.25, -0.2) is 0 Å². The van der Waals surface area contributed by atoms with E-state index in [0.29, 0.717) is 32.6 Å². The number of rotatable bonds is 3. The van der Waals surface area contributed by atoms with Crippen molar-refractivity contribution in [2.45, 2.75) is 6.42 Å². The zero-order valence-electron chi connectivity index (χ0n) is 11.5. The highest BCUT2D eigenvalue weighted by molar-refractivity contribution is 9.10. The van der Waals surface area contributed by atoms with Gasteiger partial charge in [0.05, 0.1) is 12.1 Å². The molecule has 1 aromatic carbocycles. The van der Waals surface area contributed by atoms with Gasteiger partial charge < -0.3 is 15.1 Å². The maximum atomic E-state index is 12.5. The van der Waals surface area contributed by atoms with Crippen LogP contribution < -0.4 is 0 Å². The number of aromatic hydroxyl groups is 1. The third kappa shape index (κ3) is 4.18. The predicted octanol–water partition coefficient (Wildman–Crippen LogP) is 1.39. The van der Waals surface area contributed by atoms with E-state index in [1.807, 2.05) is 4.90 Å². The van der Waals surface area contributed by atoms with Crippen LogP contribution in [0, 0.1) is 0 Å². The number of phenolic OH excluding ortho intramolecular Hbond substituents is 1. The highest BCUT2D eigenvalue weighted by Gasteiger charge is 2.23. The minimum Gasteiger partial charge on any atom is -0.507 e. The first kappa shape index (κ1) is 15.8. The van der Waals surface area contributed by atoms with Gasteiger partial charge in [0.25, 0.3) is 5.91 Å². The second kappa shape index (κ2) is 6.91. The standard InChI is InChI=1S/C14H17BrN2O4/c15-10-2-3-12(18)11(8-10)14(21)17-5-1-4-16(6-7-17)9-13(19)20/h2-3,8,18H,1,4-7,9H2,(H,19,20). The zero-order valence-corrected chi connectivity index (χ0v) is 13.0. The van der Waals surface area contributed by atoms with Crippen LogP contribution >= 0.6 is 15.9 Å². The number of benzene rings is 1. The lowest BCUT2D eigenvalue weighted by atomic mass is 10.1. The van der Waals surface area contributed by atoms with Crippen LogP contribution in [0.4, 0.5) is 0 Å². The van der Waals surface area contributed by atoms with Crippen molar-refractivity contribution < 1.29 is 19.8 Å². The Kier molecular flexibility index (Phi) is 5.19. The summed E-state index contributed by atoms with van der Waals surface area (Å²) in [7, 11) is 0. The van der Waals surface area contributed by atoms with Crippen LogP contribution in [0.1, 0.15) is 16.8 Å². The fourth-order valence-electron chi connectivity index (χ4n) is 2.37. The van der Waals surface area contributed by atoms with Gasteiger partial charge in [-0.2, -0.15) is 0 Å². The van der Waals surface area contributed by atoms with Crippen molar-refractivity contribution in [2.24, 2.45) is 0 Å². The van der Waals surface area contributed by atoms with Gasteiger partial charge in [0.1, 0.15) is 5.75 Å². The van der Waals surface area contributed by atoms with Crippen molar-refractivity contribution in [2.75, 3.05) is 32.7 Å². The molecule has 0 aliphatic carbocycles. The molecular weight excluding hydrogens is 340 g/mol. The number of hydrogen-bond donors (Lipinski definition) is 2. The second-order valence-electron chi connectivity index (χ2n) is 4.98. The Morgan fingerprint density at radius 1 is 1.19 bits per heavy atom. The first-order chi connectivity index (χ1) is 9.97. The third-order valence-electron chi connectivity index (χ3n) is 3.42. The van der Waals surface area contributed by atoms with Crippen LogP contribution in [0.5, 0.6) is 5.75 Å². The molecule has 1 heterocycles. The molecule has 1 saturated heterocycles. The Balaban J connectivity index is 2.06. The molecule has 2 rings (SSSR count). The highest BCUT2D eigenvalue weighted by atomic mass is 79.9. The lowest BCUT2D eigenvalue weighted by Gasteiger charge is -2.21. The van der Waals surface area contributed by atoms with E-state index in [0.717, 1.165) is 4.47 Å². The van der Waals surface area contributed by atoms with Crippen LogP contribution in [0.25, 0.3) is 0 Å². The third-order valence-corrected chi connectivity index (χ3v) is 3.92. The number of hydrogen-bond acceptors (Lipinski definition) is 4. The quantitative estimate of drug-likeness (QED) is 0.855. The van der Waals surface area contributed by atoms with Crippen molar-refractivity contribution >= 4 is 27.8 Å². The number of halogens is 1. The SMILES string of the molecule is O=C(O)CN1CCCN(C(=O)c2cc(Br)ccc2O)CC1. The number of aliphatic carboxylic acids is 1. The van der Waals surface area contributed by atoms with E-state index in [9.17, 15) is 14.7 Å². The molecule has 1 aliphatic heterocycles. The summed E-state index contributed by atoms with van der Waals surface area (Å²) >= 11 is 3.29. The Labute approximate surface area is 131 Å². The van der Waals surface area contributed by atoms with Crippen molar-refractivity contribution in [3.8, 4) is 5.75 Å². The second-order valence-corrected chi connectivity index (χ2v) is 5.89. The number of carboxylic acids is 1. The summed E-state index contributed by atoms with van der Waals surface area (Å²) in [4.78, 5) is 26.7. The van der Waals surface area contributed by atoms with E-state index >= 15 is 0 Å². The predicted molar refractivity (Wildman–Crippen MR) is 80.4 cm³/mol. The smallest absolute Gasteiger partial charge is 0.317 e. The molecule has 6 nitrogen and oxygen atoms in total. The van der Waals surface area contributed by atoms with Crippen molar-refractivity contribution in [1.82, 2.24) is 9.80 Å². The monoisotopic (exact) mass is 356 g/mol. The minimum absolute atomic E-state index is 0.00976. The van der Waals surface area contributed by atoms with Gasteiger partial charge in [-0.05, 0) is 24.6 Å². The van der Waals surface area contributed by atoms with E-state index < -0.39 is 5.97 Å². The van der Waals surface area contributed by atoms with Gasteiger partial charge >= 0.3 is 5.97 Å². The molecular formula is C14H17BrN2O4. The average Bonchev–Trinajstić information content (AvgIpc) is 2.66. The first-order valence-corrected chi connectivity index (χ1v) is 7.48. The minimum atomic E-state index is -0.862. The van der Waals surface area contributed by atoms with Crippen molar-refractivity contribution in [1.29, 1.82) is 0 Å². The molecule has 114 valence electrons. The van der Waals surface area contributed by atoms with E-state index in [4.69, 9.17) is 5.11 Å².